The Balaban J connectivity index is 1.62. The summed E-state index contributed by atoms with van der Waals surface area (Å²) >= 11 is 0. The number of nitrogens with zero attached hydrogens (tertiary/aromatic N) is 3. The topological polar surface area (TPSA) is 99.2 Å². The largest absolute Gasteiger partial charge is 0.481 e. The lowest BCUT2D eigenvalue weighted by molar-refractivity contribution is -0.143. The van der Waals surface area contributed by atoms with Crippen LogP contribution in [0.5, 0.6) is 0 Å². The maximum Gasteiger partial charge on any atom is 0.306 e. The average molecular weight is 264 g/mol. The second kappa shape index (κ2) is 4.64. The van der Waals surface area contributed by atoms with Crippen LogP contribution in [0, 0.1) is 5.92 Å². The van der Waals surface area contributed by atoms with Crippen molar-refractivity contribution in [3.8, 4) is 0 Å². The summed E-state index contributed by atoms with van der Waals surface area (Å²) in [7, 11) is 0. The Morgan fingerprint density at radius 2 is 1.89 bits per heavy atom. The van der Waals surface area contributed by atoms with Gasteiger partial charge in [0.15, 0.2) is 0 Å². The number of likely N-dealkylation sites (tertiary alicyclic amines) is 1. The van der Waals surface area contributed by atoms with E-state index in [0.29, 0.717) is 31.8 Å². The Hall–Kier alpha value is -1.92. The van der Waals surface area contributed by atoms with Crippen LogP contribution in [-0.2, 0) is 4.79 Å². The molecule has 1 saturated carbocycles. The van der Waals surface area contributed by atoms with Gasteiger partial charge in [-0.3, -0.25) is 14.7 Å². The number of rotatable bonds is 3. The fraction of sp³-hybridized carbons (Fsp3) is 0.667. The van der Waals surface area contributed by atoms with Crippen molar-refractivity contribution in [1.29, 1.82) is 0 Å². The molecule has 0 bridgehead atoms. The molecule has 102 valence electrons. The molecular weight excluding hydrogens is 248 g/mol. The van der Waals surface area contributed by atoms with E-state index >= 15 is 0 Å². The molecule has 0 radical (unpaired) electrons. The maximum atomic E-state index is 12.2. The number of amides is 1. The van der Waals surface area contributed by atoms with Crippen LogP contribution >= 0.6 is 0 Å². The van der Waals surface area contributed by atoms with E-state index in [1.807, 2.05) is 0 Å². The number of carbonyl (C=O) groups is 2. The number of piperidine rings is 1. The van der Waals surface area contributed by atoms with Gasteiger partial charge < -0.3 is 10.0 Å². The van der Waals surface area contributed by atoms with Crippen molar-refractivity contribution in [3.63, 3.8) is 0 Å². The third-order valence-corrected chi connectivity index (χ3v) is 3.79. The summed E-state index contributed by atoms with van der Waals surface area (Å²) in [6.07, 6.45) is 3.21. The van der Waals surface area contributed by atoms with Crippen LogP contribution in [0.1, 0.15) is 48.0 Å². The molecule has 1 amide bonds. The van der Waals surface area contributed by atoms with E-state index in [4.69, 9.17) is 5.11 Å². The van der Waals surface area contributed by atoms with Crippen LogP contribution in [0.2, 0.25) is 0 Å². The second-order valence-electron chi connectivity index (χ2n) is 5.22. The molecule has 1 aliphatic carbocycles. The molecule has 2 N–H and O–H groups in total. The van der Waals surface area contributed by atoms with Gasteiger partial charge in [0, 0.05) is 19.0 Å². The first-order valence-corrected chi connectivity index (χ1v) is 6.59. The second-order valence-corrected chi connectivity index (χ2v) is 5.22. The molecule has 0 spiro atoms. The van der Waals surface area contributed by atoms with E-state index in [0.717, 1.165) is 18.7 Å². The average Bonchev–Trinajstić information content (AvgIpc) is 3.16. The predicted molar refractivity (Wildman–Crippen MR) is 64.6 cm³/mol. The fourth-order valence-corrected chi connectivity index (χ4v) is 2.38. The number of hydrogen-bond donors (Lipinski definition) is 2. The lowest BCUT2D eigenvalue weighted by Gasteiger charge is -2.29. The van der Waals surface area contributed by atoms with E-state index < -0.39 is 5.97 Å². The SMILES string of the molecule is O=C(O)C1CCN(C(=O)c2n[nH]c(C3CC3)n2)CC1. The Morgan fingerprint density at radius 1 is 1.21 bits per heavy atom. The minimum absolute atomic E-state index is 0.202. The first-order valence-electron chi connectivity index (χ1n) is 6.59. The number of carboxylic acid groups (broad SMARTS) is 1. The summed E-state index contributed by atoms with van der Waals surface area (Å²) in [5.74, 6) is 0.123. The number of aromatic amines is 1. The number of carbonyl (C=O) groups excluding carboxylic acids is 1. The molecule has 1 aromatic rings. The van der Waals surface area contributed by atoms with Gasteiger partial charge in [-0.15, -0.1) is 5.10 Å². The zero-order valence-corrected chi connectivity index (χ0v) is 10.5. The molecule has 7 nitrogen and oxygen atoms in total. The predicted octanol–water partition coefficient (Wildman–Crippen LogP) is 0.619. The molecule has 2 heterocycles. The molecule has 1 saturated heterocycles. The fourth-order valence-electron chi connectivity index (χ4n) is 2.38. The van der Waals surface area contributed by atoms with Gasteiger partial charge in [-0.2, -0.15) is 0 Å². The van der Waals surface area contributed by atoms with Crippen LogP contribution in [-0.4, -0.2) is 50.2 Å². The molecule has 1 aliphatic heterocycles. The van der Waals surface area contributed by atoms with Crippen molar-refractivity contribution < 1.29 is 14.7 Å². The third kappa shape index (κ3) is 2.45. The number of aliphatic carboxylic acids is 1. The van der Waals surface area contributed by atoms with Gasteiger partial charge in [-0.25, -0.2) is 4.98 Å². The van der Waals surface area contributed by atoms with Gasteiger partial charge in [-0.05, 0) is 25.7 Å². The number of nitrogens with one attached hydrogen (secondary N) is 1. The van der Waals surface area contributed by atoms with Crippen LogP contribution < -0.4 is 0 Å². The molecule has 3 rings (SSSR count). The van der Waals surface area contributed by atoms with E-state index in [1.54, 1.807) is 4.90 Å². The van der Waals surface area contributed by atoms with Gasteiger partial charge in [0.1, 0.15) is 5.82 Å². The normalized spacial score (nSPS) is 20.5. The summed E-state index contributed by atoms with van der Waals surface area (Å²) < 4.78 is 0. The first kappa shape index (κ1) is 12.1. The van der Waals surface area contributed by atoms with Crippen molar-refractivity contribution in [2.45, 2.75) is 31.6 Å². The minimum Gasteiger partial charge on any atom is -0.481 e. The van der Waals surface area contributed by atoms with Crippen LogP contribution in [0.25, 0.3) is 0 Å². The van der Waals surface area contributed by atoms with Gasteiger partial charge in [0.25, 0.3) is 5.91 Å². The summed E-state index contributed by atoms with van der Waals surface area (Å²) in [5.41, 5.74) is 0. The zero-order valence-electron chi connectivity index (χ0n) is 10.5. The van der Waals surface area contributed by atoms with Gasteiger partial charge in [0.05, 0.1) is 5.92 Å². The van der Waals surface area contributed by atoms with Crippen molar-refractivity contribution >= 4 is 11.9 Å². The Bertz CT molecular complexity index is 501. The highest BCUT2D eigenvalue weighted by atomic mass is 16.4. The lowest BCUT2D eigenvalue weighted by atomic mass is 9.97. The first-order chi connectivity index (χ1) is 9.15. The van der Waals surface area contributed by atoms with Crippen molar-refractivity contribution in [2.24, 2.45) is 5.92 Å². The van der Waals surface area contributed by atoms with Crippen LogP contribution in [0.3, 0.4) is 0 Å². The highest BCUT2D eigenvalue weighted by Gasteiger charge is 2.31. The van der Waals surface area contributed by atoms with E-state index in [9.17, 15) is 9.59 Å². The maximum absolute atomic E-state index is 12.2. The molecule has 0 aromatic carbocycles. The van der Waals surface area contributed by atoms with Crippen LogP contribution in [0.4, 0.5) is 0 Å². The van der Waals surface area contributed by atoms with Crippen molar-refractivity contribution in [3.05, 3.63) is 11.6 Å². The highest BCUT2D eigenvalue weighted by Crippen LogP contribution is 2.37. The summed E-state index contributed by atoms with van der Waals surface area (Å²) in [6.45, 7) is 0.923. The highest BCUT2D eigenvalue weighted by molar-refractivity contribution is 5.90. The molecule has 0 atom stereocenters. The molecule has 0 unspecified atom stereocenters. The third-order valence-electron chi connectivity index (χ3n) is 3.79. The molecule has 7 heteroatoms. The molecule has 2 aliphatic rings. The Kier molecular flexibility index (Phi) is 2.96. The number of carboxylic acids is 1. The Morgan fingerprint density at radius 3 is 2.47 bits per heavy atom. The standard InChI is InChI=1S/C12H16N4O3/c17-11(10-13-9(14-15-10)7-1-2-7)16-5-3-8(4-6-16)12(18)19/h7-8H,1-6H2,(H,18,19)(H,13,14,15). The summed E-state index contributed by atoms with van der Waals surface area (Å²) in [4.78, 5) is 28.9. The minimum atomic E-state index is -0.777. The number of hydrogen-bond acceptors (Lipinski definition) is 4. The summed E-state index contributed by atoms with van der Waals surface area (Å²) in [6, 6.07) is 0. The Labute approximate surface area is 110 Å². The van der Waals surface area contributed by atoms with E-state index in [1.165, 1.54) is 0 Å². The lowest BCUT2D eigenvalue weighted by Crippen LogP contribution is -2.40. The number of H-pyrrole nitrogens is 1. The van der Waals surface area contributed by atoms with E-state index in [2.05, 4.69) is 15.2 Å². The molecular formula is C12H16N4O3. The smallest absolute Gasteiger partial charge is 0.306 e. The number of aromatic nitrogens is 3. The van der Waals surface area contributed by atoms with Gasteiger partial charge in [0.2, 0.25) is 5.82 Å². The molecule has 1 aromatic heterocycles. The molecule has 2 fully saturated rings. The quantitative estimate of drug-likeness (QED) is 0.833. The zero-order chi connectivity index (χ0) is 13.4. The van der Waals surface area contributed by atoms with Gasteiger partial charge >= 0.3 is 5.97 Å². The van der Waals surface area contributed by atoms with Gasteiger partial charge in [-0.1, -0.05) is 0 Å². The summed E-state index contributed by atoms with van der Waals surface area (Å²) in [5, 5.41) is 15.7. The molecule has 19 heavy (non-hydrogen) atoms. The van der Waals surface area contributed by atoms with E-state index in [-0.39, 0.29) is 17.6 Å². The van der Waals surface area contributed by atoms with Crippen molar-refractivity contribution in [1.82, 2.24) is 20.1 Å². The van der Waals surface area contributed by atoms with Crippen molar-refractivity contribution in [2.75, 3.05) is 13.1 Å². The monoisotopic (exact) mass is 264 g/mol. The van der Waals surface area contributed by atoms with Crippen LogP contribution in [0.15, 0.2) is 0 Å².